The third kappa shape index (κ3) is 5.07. The average Bonchev–Trinajstić information content (AvgIpc) is 2.77. The first kappa shape index (κ1) is 23.3. The monoisotopic (exact) mass is 462 g/mol. The van der Waals surface area contributed by atoms with Gasteiger partial charge in [-0.15, -0.1) is 0 Å². The number of alkyl halides is 3. The Bertz CT molecular complexity index is 1210. The lowest BCUT2D eigenvalue weighted by Crippen LogP contribution is -2.47. The van der Waals surface area contributed by atoms with E-state index in [4.69, 9.17) is 0 Å². The second-order valence-corrected chi connectivity index (χ2v) is 8.46. The number of aliphatic hydroxyl groups is 2. The van der Waals surface area contributed by atoms with Crippen LogP contribution in [0.3, 0.4) is 0 Å². The maximum atomic E-state index is 13.1. The van der Waals surface area contributed by atoms with Crippen molar-refractivity contribution in [3.05, 3.63) is 58.1 Å². The van der Waals surface area contributed by atoms with Crippen molar-refractivity contribution in [2.24, 2.45) is 0 Å². The Balaban J connectivity index is 1.65. The highest BCUT2D eigenvalue weighted by Gasteiger charge is 2.30. The lowest BCUT2D eigenvalue weighted by molar-refractivity contribution is -0.137. The maximum absolute atomic E-state index is 13.1. The van der Waals surface area contributed by atoms with Crippen LogP contribution in [-0.4, -0.2) is 49.5 Å². The molecule has 1 aromatic carbocycles. The van der Waals surface area contributed by atoms with Crippen molar-refractivity contribution >= 4 is 11.0 Å². The van der Waals surface area contributed by atoms with Crippen LogP contribution in [0.4, 0.5) is 13.2 Å². The number of aliphatic hydroxyl groups excluding tert-OH is 2. The molecule has 3 aromatic rings. The van der Waals surface area contributed by atoms with Crippen LogP contribution in [0, 0.1) is 6.92 Å². The fourth-order valence-electron chi connectivity index (χ4n) is 4.20. The van der Waals surface area contributed by atoms with Gasteiger partial charge in [0.1, 0.15) is 0 Å². The predicted octanol–water partition coefficient (Wildman–Crippen LogP) is 2.65. The maximum Gasteiger partial charge on any atom is 0.416 e. The van der Waals surface area contributed by atoms with E-state index in [9.17, 15) is 28.2 Å². The molecule has 3 heterocycles. The molecule has 3 atom stereocenters. The summed E-state index contributed by atoms with van der Waals surface area (Å²) in [6.07, 6.45) is -2.84. The fraction of sp³-hybridized carbons (Fsp3) is 0.435. The van der Waals surface area contributed by atoms with Gasteiger partial charge in [0, 0.05) is 11.6 Å². The minimum atomic E-state index is -4.49. The van der Waals surface area contributed by atoms with Gasteiger partial charge in [0.2, 0.25) is 0 Å². The Morgan fingerprint density at radius 3 is 2.79 bits per heavy atom. The van der Waals surface area contributed by atoms with Crippen LogP contribution < -0.4 is 10.9 Å². The zero-order valence-electron chi connectivity index (χ0n) is 18.0. The summed E-state index contributed by atoms with van der Waals surface area (Å²) in [5.74, 6) is 0. The number of rotatable bonds is 5. The highest BCUT2D eigenvalue weighted by atomic mass is 19.4. The lowest BCUT2D eigenvalue weighted by atomic mass is 9.96. The number of nitrogens with one attached hydrogen (secondary N) is 1. The van der Waals surface area contributed by atoms with E-state index in [1.54, 1.807) is 13.0 Å². The molecule has 1 saturated heterocycles. The van der Waals surface area contributed by atoms with Crippen molar-refractivity contribution in [3.8, 4) is 11.3 Å². The van der Waals surface area contributed by atoms with Crippen molar-refractivity contribution in [3.63, 3.8) is 0 Å². The van der Waals surface area contributed by atoms with Gasteiger partial charge in [-0.25, -0.2) is 9.97 Å². The highest BCUT2D eigenvalue weighted by molar-refractivity contribution is 5.80. The number of benzene rings is 1. The van der Waals surface area contributed by atoms with Gasteiger partial charge < -0.3 is 15.5 Å². The van der Waals surface area contributed by atoms with E-state index in [1.165, 1.54) is 23.0 Å². The van der Waals surface area contributed by atoms with Gasteiger partial charge in [-0.2, -0.15) is 13.2 Å². The van der Waals surface area contributed by atoms with Crippen molar-refractivity contribution in [2.45, 2.75) is 57.2 Å². The van der Waals surface area contributed by atoms with Crippen LogP contribution in [-0.2, 0) is 12.7 Å². The highest BCUT2D eigenvalue weighted by Crippen LogP contribution is 2.32. The Kier molecular flexibility index (Phi) is 6.51. The molecule has 1 aliphatic rings. The second kappa shape index (κ2) is 9.20. The quantitative estimate of drug-likeness (QED) is 0.539. The van der Waals surface area contributed by atoms with E-state index in [0.29, 0.717) is 17.5 Å². The van der Waals surface area contributed by atoms with Crippen molar-refractivity contribution in [1.82, 2.24) is 19.9 Å². The van der Waals surface area contributed by atoms with E-state index >= 15 is 0 Å². The second-order valence-electron chi connectivity index (χ2n) is 8.46. The Hall–Kier alpha value is -2.82. The summed E-state index contributed by atoms with van der Waals surface area (Å²) in [7, 11) is 0. The smallest absolute Gasteiger partial charge is 0.392 e. The SMILES string of the molecule is Cc1cc(-c2cccc(C(F)(F)F)c2)nc2c(=O)n(C[C@@H](O)C[C@H]3NCCC[C@@H]3O)cnc12. The minimum Gasteiger partial charge on any atom is -0.392 e. The van der Waals surface area contributed by atoms with Crippen LogP contribution >= 0.6 is 0 Å². The van der Waals surface area contributed by atoms with Crippen LogP contribution in [0.1, 0.15) is 30.4 Å². The van der Waals surface area contributed by atoms with E-state index in [0.717, 1.165) is 25.1 Å². The Labute approximate surface area is 187 Å². The molecule has 0 saturated carbocycles. The molecule has 0 amide bonds. The van der Waals surface area contributed by atoms with E-state index in [1.807, 2.05) is 0 Å². The van der Waals surface area contributed by atoms with Gasteiger partial charge in [0.15, 0.2) is 5.52 Å². The number of fused-ring (bicyclic) bond motifs is 1. The first-order chi connectivity index (χ1) is 15.6. The van der Waals surface area contributed by atoms with Gasteiger partial charge in [-0.1, -0.05) is 12.1 Å². The standard InChI is InChI=1S/C23H25F3N4O3/c1-13-8-17(14-4-2-5-15(9-14)23(24,25)26)29-21-20(13)28-12-30(22(21)33)11-16(31)10-18-19(32)6-3-7-27-18/h2,4-5,8-9,12,16,18-19,27,31-32H,3,6-7,10-11H2,1H3/t16-,18+,19-/m0/s1. The fourth-order valence-corrected chi connectivity index (χ4v) is 4.20. The summed E-state index contributed by atoms with van der Waals surface area (Å²) in [5, 5.41) is 23.8. The molecule has 0 spiro atoms. The summed E-state index contributed by atoms with van der Waals surface area (Å²) < 4.78 is 40.6. The van der Waals surface area contributed by atoms with E-state index < -0.39 is 29.5 Å². The minimum absolute atomic E-state index is 0.0212. The molecule has 7 nitrogen and oxygen atoms in total. The Morgan fingerprint density at radius 1 is 1.27 bits per heavy atom. The summed E-state index contributed by atoms with van der Waals surface area (Å²) >= 11 is 0. The number of pyridine rings is 1. The number of aryl methyl sites for hydroxylation is 1. The molecule has 33 heavy (non-hydrogen) atoms. The van der Waals surface area contributed by atoms with Crippen LogP contribution in [0.5, 0.6) is 0 Å². The number of piperidine rings is 1. The van der Waals surface area contributed by atoms with Crippen molar-refractivity contribution in [1.29, 1.82) is 0 Å². The molecule has 1 aliphatic heterocycles. The van der Waals surface area contributed by atoms with Gasteiger partial charge >= 0.3 is 6.18 Å². The van der Waals surface area contributed by atoms with Crippen molar-refractivity contribution < 1.29 is 23.4 Å². The number of hydrogen-bond donors (Lipinski definition) is 3. The lowest BCUT2D eigenvalue weighted by Gasteiger charge is -2.30. The molecule has 2 aromatic heterocycles. The summed E-state index contributed by atoms with van der Waals surface area (Å²) in [6, 6.07) is 6.11. The van der Waals surface area contributed by atoms with Crippen LogP contribution in [0.2, 0.25) is 0 Å². The molecule has 1 fully saturated rings. The zero-order chi connectivity index (χ0) is 23.8. The molecule has 176 valence electrons. The third-order valence-corrected chi connectivity index (χ3v) is 5.94. The molecular weight excluding hydrogens is 437 g/mol. The normalized spacial score (nSPS) is 20.2. The van der Waals surface area contributed by atoms with Crippen molar-refractivity contribution in [2.75, 3.05) is 6.54 Å². The molecule has 10 heteroatoms. The van der Waals surface area contributed by atoms with Gasteiger partial charge in [0.25, 0.3) is 5.56 Å². The first-order valence-electron chi connectivity index (χ1n) is 10.8. The Morgan fingerprint density at radius 2 is 2.06 bits per heavy atom. The van der Waals surface area contributed by atoms with E-state index in [-0.39, 0.29) is 35.8 Å². The van der Waals surface area contributed by atoms with Gasteiger partial charge in [-0.05, 0) is 56.5 Å². The largest absolute Gasteiger partial charge is 0.416 e. The third-order valence-electron chi connectivity index (χ3n) is 5.94. The van der Waals surface area contributed by atoms with Gasteiger partial charge in [0.05, 0.1) is 41.9 Å². The molecule has 3 N–H and O–H groups in total. The summed E-state index contributed by atoms with van der Waals surface area (Å²) in [6.45, 7) is 2.43. The number of hydrogen-bond acceptors (Lipinski definition) is 6. The first-order valence-corrected chi connectivity index (χ1v) is 10.8. The number of halogens is 3. The molecule has 0 aliphatic carbocycles. The average molecular weight is 462 g/mol. The summed E-state index contributed by atoms with van der Waals surface area (Å²) in [4.78, 5) is 21.7. The molecule has 0 radical (unpaired) electrons. The molecule has 4 rings (SSSR count). The molecule has 0 bridgehead atoms. The predicted molar refractivity (Wildman–Crippen MR) is 117 cm³/mol. The van der Waals surface area contributed by atoms with E-state index in [2.05, 4.69) is 15.3 Å². The zero-order valence-corrected chi connectivity index (χ0v) is 18.0. The number of aromatic nitrogens is 3. The molecule has 0 unspecified atom stereocenters. The topological polar surface area (TPSA) is 100 Å². The number of nitrogens with zero attached hydrogens (tertiary/aromatic N) is 3. The van der Waals surface area contributed by atoms with Crippen LogP contribution in [0.15, 0.2) is 41.5 Å². The summed E-state index contributed by atoms with van der Waals surface area (Å²) in [5.41, 5.74) is 0.156. The van der Waals surface area contributed by atoms with Crippen LogP contribution in [0.25, 0.3) is 22.3 Å². The molecular formula is C23H25F3N4O3. The van der Waals surface area contributed by atoms with Gasteiger partial charge in [-0.3, -0.25) is 9.36 Å².